The second kappa shape index (κ2) is 7.40. The number of Topliss-reactive ketones (excluding diaryl/α,β-unsaturated/α-hetero) is 1. The van der Waals surface area contributed by atoms with E-state index in [1.165, 1.54) is 12.1 Å². The normalized spacial score (nSPS) is 17.0. The maximum Gasteiger partial charge on any atom is 0.188 e. The molecule has 0 atom stereocenters. The number of fused-ring (bicyclic) bond motifs is 1. The molecule has 24 heavy (non-hydrogen) atoms. The molecule has 0 unspecified atom stereocenters. The van der Waals surface area contributed by atoms with E-state index >= 15 is 0 Å². The summed E-state index contributed by atoms with van der Waals surface area (Å²) in [4.78, 5) is 17.3. The van der Waals surface area contributed by atoms with Crippen molar-refractivity contribution < 1.29 is 13.7 Å². The van der Waals surface area contributed by atoms with Gasteiger partial charge in [0.05, 0.1) is 5.39 Å². The number of benzene rings is 1. The van der Waals surface area contributed by atoms with Gasteiger partial charge in [-0.25, -0.2) is 4.39 Å². The molecule has 0 amide bonds. The number of carbonyl (C=O) groups excluding carboxylic acids is 1. The zero-order chi connectivity index (χ0) is 17.1. The molecule has 1 aromatic carbocycles. The summed E-state index contributed by atoms with van der Waals surface area (Å²) < 4.78 is 18.3. The van der Waals surface area contributed by atoms with Crippen molar-refractivity contribution in [1.82, 2.24) is 15.0 Å². The third-order valence-electron chi connectivity index (χ3n) is 4.71. The van der Waals surface area contributed by atoms with Crippen LogP contribution in [0.1, 0.15) is 29.8 Å². The molecular weight excluding hydrogens is 309 g/mol. The molecule has 3 rings (SSSR count). The summed E-state index contributed by atoms with van der Waals surface area (Å²) in [6, 6.07) is 4.18. The number of piperidine rings is 1. The quantitative estimate of drug-likeness (QED) is 0.761. The lowest BCUT2D eigenvalue weighted by Crippen LogP contribution is -2.37. The Morgan fingerprint density at radius 2 is 2.12 bits per heavy atom. The lowest BCUT2D eigenvalue weighted by Gasteiger charge is -2.31. The predicted octanol–water partition coefficient (Wildman–Crippen LogP) is 2.81. The molecule has 2 aromatic rings. The lowest BCUT2D eigenvalue weighted by atomic mass is 9.90. The molecule has 0 saturated carbocycles. The van der Waals surface area contributed by atoms with Crippen molar-refractivity contribution in [3.05, 3.63) is 29.7 Å². The van der Waals surface area contributed by atoms with Gasteiger partial charge in [0.25, 0.3) is 0 Å². The summed E-state index contributed by atoms with van der Waals surface area (Å²) in [6.45, 7) is 4.04. The van der Waals surface area contributed by atoms with Crippen molar-refractivity contribution in [3.63, 3.8) is 0 Å². The fraction of sp³-hybridized carbons (Fsp3) is 0.556. The maximum atomic E-state index is 13.2. The number of rotatable bonds is 6. The largest absolute Gasteiger partial charge is 0.355 e. The zero-order valence-corrected chi connectivity index (χ0v) is 14.3. The molecule has 130 valence electrons. The van der Waals surface area contributed by atoms with Gasteiger partial charge in [0.2, 0.25) is 0 Å². The molecule has 1 saturated heterocycles. The van der Waals surface area contributed by atoms with Gasteiger partial charge >= 0.3 is 0 Å². The number of halogens is 1. The van der Waals surface area contributed by atoms with Crippen molar-refractivity contribution in [2.75, 3.05) is 40.3 Å². The van der Waals surface area contributed by atoms with Crippen molar-refractivity contribution in [2.45, 2.75) is 19.3 Å². The molecule has 1 aliphatic heterocycles. The third kappa shape index (κ3) is 3.82. The number of hydrogen-bond donors (Lipinski definition) is 0. The molecule has 0 N–H and O–H groups in total. The van der Waals surface area contributed by atoms with Crippen LogP contribution >= 0.6 is 0 Å². The lowest BCUT2D eigenvalue weighted by molar-refractivity contribution is 0.0830. The highest BCUT2D eigenvalue weighted by Crippen LogP contribution is 2.26. The van der Waals surface area contributed by atoms with Gasteiger partial charge in [0, 0.05) is 12.0 Å². The highest BCUT2D eigenvalue weighted by molar-refractivity contribution is 6.06. The van der Waals surface area contributed by atoms with Crippen molar-refractivity contribution in [2.24, 2.45) is 5.92 Å². The van der Waals surface area contributed by atoms with Gasteiger partial charge in [0.15, 0.2) is 17.1 Å². The van der Waals surface area contributed by atoms with Crippen LogP contribution in [0.2, 0.25) is 0 Å². The molecule has 1 aliphatic rings. The number of aromatic nitrogens is 1. The standard InChI is InChI=1S/C18H24FN3O2/c1-21(2)8-3-9-22-10-6-13(7-11-22)18(23)17-15-5-4-14(19)12-16(15)24-20-17/h4-5,12-13H,3,6-11H2,1-2H3. The van der Waals surface area contributed by atoms with Crippen LogP contribution in [-0.4, -0.2) is 61.0 Å². The first-order valence-electron chi connectivity index (χ1n) is 8.51. The Morgan fingerprint density at radius 3 is 2.83 bits per heavy atom. The van der Waals surface area contributed by atoms with Gasteiger partial charge in [0.1, 0.15) is 5.82 Å². The minimum atomic E-state index is -0.385. The van der Waals surface area contributed by atoms with E-state index in [1.54, 1.807) is 6.07 Å². The number of likely N-dealkylation sites (tertiary alicyclic amines) is 1. The van der Waals surface area contributed by atoms with Gasteiger partial charge < -0.3 is 14.3 Å². The summed E-state index contributed by atoms with van der Waals surface area (Å²) in [5.41, 5.74) is 0.676. The average molecular weight is 333 g/mol. The van der Waals surface area contributed by atoms with E-state index in [4.69, 9.17) is 4.52 Å². The second-order valence-corrected chi connectivity index (χ2v) is 6.81. The van der Waals surface area contributed by atoms with Crippen molar-refractivity contribution in [3.8, 4) is 0 Å². The Bertz CT molecular complexity index is 705. The van der Waals surface area contributed by atoms with Gasteiger partial charge in [-0.05, 0) is 71.7 Å². The van der Waals surface area contributed by atoms with Crippen LogP contribution in [0.5, 0.6) is 0 Å². The van der Waals surface area contributed by atoms with Gasteiger partial charge in [-0.2, -0.15) is 0 Å². The fourth-order valence-corrected chi connectivity index (χ4v) is 3.31. The molecule has 0 spiro atoms. The van der Waals surface area contributed by atoms with Crippen LogP contribution in [0, 0.1) is 11.7 Å². The predicted molar refractivity (Wildman–Crippen MR) is 90.6 cm³/mol. The number of hydrogen-bond acceptors (Lipinski definition) is 5. The molecular formula is C18H24FN3O2. The summed E-state index contributed by atoms with van der Waals surface area (Å²) in [5, 5.41) is 4.50. The van der Waals surface area contributed by atoms with Crippen LogP contribution in [0.3, 0.4) is 0 Å². The summed E-state index contributed by atoms with van der Waals surface area (Å²) in [7, 11) is 4.16. The molecule has 2 heterocycles. The molecule has 5 nitrogen and oxygen atoms in total. The molecule has 1 aromatic heterocycles. The fourth-order valence-electron chi connectivity index (χ4n) is 3.31. The zero-order valence-electron chi connectivity index (χ0n) is 14.3. The Kier molecular flexibility index (Phi) is 5.26. The third-order valence-corrected chi connectivity index (χ3v) is 4.71. The van der Waals surface area contributed by atoms with E-state index in [0.717, 1.165) is 45.4 Å². The number of ketones is 1. The van der Waals surface area contributed by atoms with E-state index < -0.39 is 0 Å². The Labute approximate surface area is 141 Å². The molecule has 6 heteroatoms. The SMILES string of the molecule is CN(C)CCCN1CCC(C(=O)c2noc3cc(F)ccc23)CC1. The van der Waals surface area contributed by atoms with Gasteiger partial charge in [-0.15, -0.1) is 0 Å². The van der Waals surface area contributed by atoms with E-state index in [-0.39, 0.29) is 17.5 Å². The van der Waals surface area contributed by atoms with Crippen LogP contribution in [0.4, 0.5) is 4.39 Å². The molecule has 0 aliphatic carbocycles. The maximum absolute atomic E-state index is 13.2. The smallest absolute Gasteiger partial charge is 0.188 e. The average Bonchev–Trinajstić information content (AvgIpc) is 2.97. The van der Waals surface area contributed by atoms with Crippen molar-refractivity contribution >= 4 is 16.8 Å². The highest BCUT2D eigenvalue weighted by atomic mass is 19.1. The molecule has 0 bridgehead atoms. The van der Waals surface area contributed by atoms with E-state index in [2.05, 4.69) is 29.1 Å². The molecule has 0 radical (unpaired) electrons. The molecule has 1 fully saturated rings. The Morgan fingerprint density at radius 1 is 1.38 bits per heavy atom. The van der Waals surface area contributed by atoms with E-state index in [0.29, 0.717) is 16.7 Å². The van der Waals surface area contributed by atoms with Crippen LogP contribution in [-0.2, 0) is 0 Å². The monoisotopic (exact) mass is 333 g/mol. The topological polar surface area (TPSA) is 49.6 Å². The van der Waals surface area contributed by atoms with E-state index in [9.17, 15) is 9.18 Å². The number of carbonyl (C=O) groups is 1. The van der Waals surface area contributed by atoms with Gasteiger partial charge in [-0.1, -0.05) is 5.16 Å². The van der Waals surface area contributed by atoms with Crippen molar-refractivity contribution in [1.29, 1.82) is 0 Å². The Balaban J connectivity index is 1.58. The van der Waals surface area contributed by atoms with Crippen LogP contribution in [0.25, 0.3) is 11.0 Å². The summed E-state index contributed by atoms with van der Waals surface area (Å²) in [5.74, 6) is -0.384. The minimum absolute atomic E-state index is 0.0200. The minimum Gasteiger partial charge on any atom is -0.355 e. The highest BCUT2D eigenvalue weighted by Gasteiger charge is 2.28. The first-order chi connectivity index (χ1) is 11.5. The summed E-state index contributed by atoms with van der Waals surface area (Å²) >= 11 is 0. The first kappa shape index (κ1) is 17.0. The second-order valence-electron chi connectivity index (χ2n) is 6.81. The van der Waals surface area contributed by atoms with E-state index in [1.807, 2.05) is 0 Å². The van der Waals surface area contributed by atoms with Crippen LogP contribution in [0.15, 0.2) is 22.7 Å². The summed E-state index contributed by atoms with van der Waals surface area (Å²) in [6.07, 6.45) is 2.83. The van der Waals surface area contributed by atoms with Gasteiger partial charge in [-0.3, -0.25) is 4.79 Å². The van der Waals surface area contributed by atoms with Crippen LogP contribution < -0.4 is 0 Å². The number of nitrogens with zero attached hydrogens (tertiary/aromatic N) is 3. The Hall–Kier alpha value is -1.79. The first-order valence-corrected chi connectivity index (χ1v) is 8.51.